The number of carbonyl (C=O) groups is 1. The highest BCUT2D eigenvalue weighted by Gasteiger charge is 2.28. The summed E-state index contributed by atoms with van der Waals surface area (Å²) in [5.74, 6) is 1.47. The van der Waals surface area contributed by atoms with Gasteiger partial charge in [0.25, 0.3) is 0 Å². The molecule has 116 valence electrons. The van der Waals surface area contributed by atoms with Gasteiger partial charge < -0.3 is 19.4 Å². The summed E-state index contributed by atoms with van der Waals surface area (Å²) in [6.45, 7) is 4.40. The smallest absolute Gasteiger partial charge is 0.310 e. The Morgan fingerprint density at radius 1 is 1.62 bits per heavy atom. The highest BCUT2D eigenvalue weighted by Crippen LogP contribution is 2.18. The molecule has 1 fully saturated rings. The summed E-state index contributed by atoms with van der Waals surface area (Å²) in [5, 5.41) is 3.26. The molecule has 1 saturated heterocycles. The maximum atomic E-state index is 11.9. The van der Waals surface area contributed by atoms with Crippen molar-refractivity contribution in [2.45, 2.75) is 26.3 Å². The van der Waals surface area contributed by atoms with Crippen molar-refractivity contribution in [3.63, 3.8) is 0 Å². The van der Waals surface area contributed by atoms with Crippen LogP contribution in [-0.4, -0.2) is 43.6 Å². The third-order valence-corrected chi connectivity index (χ3v) is 3.55. The van der Waals surface area contributed by atoms with Crippen molar-refractivity contribution in [1.29, 1.82) is 0 Å². The number of likely N-dealkylation sites (tertiary alicyclic amines) is 1. The summed E-state index contributed by atoms with van der Waals surface area (Å²) in [5.41, 5.74) is 0. The number of furan rings is 1. The van der Waals surface area contributed by atoms with Crippen molar-refractivity contribution in [1.82, 2.24) is 10.2 Å². The Morgan fingerprint density at radius 2 is 2.48 bits per heavy atom. The second-order valence-electron chi connectivity index (χ2n) is 5.02. The van der Waals surface area contributed by atoms with Gasteiger partial charge >= 0.3 is 5.97 Å². The summed E-state index contributed by atoms with van der Waals surface area (Å²) < 4.78 is 10.4. The van der Waals surface area contributed by atoms with Crippen molar-refractivity contribution < 1.29 is 13.9 Å². The number of esters is 1. The van der Waals surface area contributed by atoms with Crippen LogP contribution in [0.3, 0.4) is 0 Å². The zero-order chi connectivity index (χ0) is 15.1. The van der Waals surface area contributed by atoms with Crippen LogP contribution in [0, 0.1) is 5.92 Å². The van der Waals surface area contributed by atoms with E-state index in [1.165, 1.54) is 0 Å². The van der Waals surface area contributed by atoms with Crippen LogP contribution >= 0.6 is 0 Å². The van der Waals surface area contributed by atoms with E-state index < -0.39 is 0 Å². The SMILES string of the molecule is CCOC(=O)C1CCCN(C(=NC)NCc2ccco2)C1. The van der Waals surface area contributed by atoms with E-state index in [0.29, 0.717) is 19.7 Å². The molecule has 1 aromatic heterocycles. The maximum Gasteiger partial charge on any atom is 0.310 e. The van der Waals surface area contributed by atoms with Gasteiger partial charge in [-0.1, -0.05) is 0 Å². The third-order valence-electron chi connectivity index (χ3n) is 3.55. The van der Waals surface area contributed by atoms with Gasteiger partial charge in [0, 0.05) is 20.1 Å². The molecule has 0 saturated carbocycles. The van der Waals surface area contributed by atoms with Gasteiger partial charge in [0.1, 0.15) is 5.76 Å². The zero-order valence-electron chi connectivity index (χ0n) is 12.7. The fraction of sp³-hybridized carbons (Fsp3) is 0.600. The molecule has 1 aliphatic rings. The Bertz CT molecular complexity index is 471. The van der Waals surface area contributed by atoms with Crippen LogP contribution in [-0.2, 0) is 16.1 Å². The molecule has 6 nitrogen and oxygen atoms in total. The highest BCUT2D eigenvalue weighted by atomic mass is 16.5. The van der Waals surface area contributed by atoms with Crippen LogP contribution in [0.15, 0.2) is 27.8 Å². The molecule has 0 amide bonds. The Kier molecular flexibility index (Phi) is 5.66. The van der Waals surface area contributed by atoms with Crippen LogP contribution in [0.25, 0.3) is 0 Å². The van der Waals surface area contributed by atoms with Crippen molar-refractivity contribution in [3.05, 3.63) is 24.2 Å². The second-order valence-corrected chi connectivity index (χ2v) is 5.02. The number of piperidine rings is 1. The van der Waals surface area contributed by atoms with E-state index in [2.05, 4.69) is 15.2 Å². The lowest BCUT2D eigenvalue weighted by Crippen LogP contribution is -2.48. The summed E-state index contributed by atoms with van der Waals surface area (Å²) in [6.07, 6.45) is 3.49. The zero-order valence-corrected chi connectivity index (χ0v) is 12.7. The predicted octanol–water partition coefficient (Wildman–Crippen LogP) is 1.63. The van der Waals surface area contributed by atoms with E-state index in [1.54, 1.807) is 13.3 Å². The summed E-state index contributed by atoms with van der Waals surface area (Å²) in [7, 11) is 1.75. The molecule has 0 spiro atoms. The third kappa shape index (κ3) is 4.24. The predicted molar refractivity (Wildman–Crippen MR) is 79.8 cm³/mol. The summed E-state index contributed by atoms with van der Waals surface area (Å²) in [6, 6.07) is 3.77. The number of rotatable bonds is 4. The maximum absolute atomic E-state index is 11.9. The van der Waals surface area contributed by atoms with E-state index >= 15 is 0 Å². The van der Waals surface area contributed by atoms with Crippen molar-refractivity contribution >= 4 is 11.9 Å². The normalized spacial score (nSPS) is 19.4. The lowest BCUT2D eigenvalue weighted by Gasteiger charge is -2.33. The van der Waals surface area contributed by atoms with E-state index in [0.717, 1.165) is 31.1 Å². The Hall–Kier alpha value is -1.98. The molecule has 21 heavy (non-hydrogen) atoms. The monoisotopic (exact) mass is 293 g/mol. The van der Waals surface area contributed by atoms with Gasteiger partial charge in [-0.2, -0.15) is 0 Å². The van der Waals surface area contributed by atoms with Crippen molar-refractivity contribution in [2.24, 2.45) is 10.9 Å². The van der Waals surface area contributed by atoms with Crippen LogP contribution in [0.2, 0.25) is 0 Å². The van der Waals surface area contributed by atoms with Gasteiger partial charge in [-0.25, -0.2) is 0 Å². The second kappa shape index (κ2) is 7.71. The largest absolute Gasteiger partial charge is 0.467 e. The van der Waals surface area contributed by atoms with Gasteiger partial charge in [0.2, 0.25) is 0 Å². The number of hydrogen-bond acceptors (Lipinski definition) is 4. The molecular weight excluding hydrogens is 270 g/mol. The summed E-state index contributed by atoms with van der Waals surface area (Å²) in [4.78, 5) is 18.3. The fourth-order valence-electron chi connectivity index (χ4n) is 2.53. The topological polar surface area (TPSA) is 67.1 Å². The first kappa shape index (κ1) is 15.4. The van der Waals surface area contributed by atoms with Crippen LogP contribution in [0.1, 0.15) is 25.5 Å². The molecule has 2 rings (SSSR count). The van der Waals surface area contributed by atoms with Crippen LogP contribution < -0.4 is 5.32 Å². The van der Waals surface area contributed by atoms with Crippen molar-refractivity contribution in [2.75, 3.05) is 26.7 Å². The van der Waals surface area contributed by atoms with Gasteiger partial charge in [0.05, 0.1) is 25.3 Å². The number of nitrogens with one attached hydrogen (secondary N) is 1. The fourth-order valence-corrected chi connectivity index (χ4v) is 2.53. The number of nitrogens with zero attached hydrogens (tertiary/aromatic N) is 2. The molecule has 1 aliphatic heterocycles. The number of guanidine groups is 1. The minimum atomic E-state index is -0.108. The van der Waals surface area contributed by atoms with E-state index in [1.807, 2.05) is 19.1 Å². The average molecular weight is 293 g/mol. The lowest BCUT2D eigenvalue weighted by molar-refractivity contribution is -0.149. The minimum absolute atomic E-state index is 0.0686. The number of ether oxygens (including phenoxy) is 1. The van der Waals surface area contributed by atoms with Crippen LogP contribution in [0.4, 0.5) is 0 Å². The number of carbonyl (C=O) groups excluding carboxylic acids is 1. The minimum Gasteiger partial charge on any atom is -0.467 e. The van der Waals surface area contributed by atoms with E-state index in [9.17, 15) is 4.79 Å². The standard InChI is InChI=1S/C15H23N3O3/c1-3-20-14(19)12-6-4-8-18(11-12)15(16-2)17-10-13-7-5-9-21-13/h5,7,9,12H,3-4,6,8,10-11H2,1-2H3,(H,16,17). The van der Waals surface area contributed by atoms with E-state index in [-0.39, 0.29) is 11.9 Å². The molecule has 2 heterocycles. The molecule has 1 unspecified atom stereocenters. The molecule has 0 bridgehead atoms. The van der Waals surface area contributed by atoms with Gasteiger partial charge in [-0.05, 0) is 31.9 Å². The van der Waals surface area contributed by atoms with Gasteiger partial charge in [-0.15, -0.1) is 0 Å². The van der Waals surface area contributed by atoms with E-state index in [4.69, 9.17) is 9.15 Å². The first-order valence-corrected chi connectivity index (χ1v) is 7.39. The molecule has 1 N–H and O–H groups in total. The molecule has 0 aliphatic carbocycles. The molecule has 6 heteroatoms. The number of hydrogen-bond donors (Lipinski definition) is 1. The van der Waals surface area contributed by atoms with Crippen LogP contribution in [0.5, 0.6) is 0 Å². The lowest BCUT2D eigenvalue weighted by atomic mass is 9.98. The Balaban J connectivity index is 1.90. The summed E-state index contributed by atoms with van der Waals surface area (Å²) >= 11 is 0. The van der Waals surface area contributed by atoms with Gasteiger partial charge in [0.15, 0.2) is 5.96 Å². The molecule has 1 aromatic rings. The van der Waals surface area contributed by atoms with Gasteiger partial charge in [-0.3, -0.25) is 9.79 Å². The van der Waals surface area contributed by atoms with Crippen molar-refractivity contribution in [3.8, 4) is 0 Å². The first-order valence-electron chi connectivity index (χ1n) is 7.39. The quantitative estimate of drug-likeness (QED) is 0.519. The average Bonchev–Trinajstić information content (AvgIpc) is 3.02. The Morgan fingerprint density at radius 3 is 3.14 bits per heavy atom. The Labute approximate surface area is 125 Å². The highest BCUT2D eigenvalue weighted by molar-refractivity contribution is 5.81. The molecule has 0 aromatic carbocycles. The molecule has 0 radical (unpaired) electrons. The molecule has 1 atom stereocenters. The number of aliphatic imine (C=N–C) groups is 1. The first-order chi connectivity index (χ1) is 10.2. The molecular formula is C15H23N3O3.